The number of nitrogens with one attached hydrogen (secondary N) is 1. The maximum atomic E-state index is 13.3. The van der Waals surface area contributed by atoms with Gasteiger partial charge in [0.2, 0.25) is 0 Å². The van der Waals surface area contributed by atoms with Gasteiger partial charge in [-0.25, -0.2) is 9.37 Å². The van der Waals surface area contributed by atoms with E-state index in [0.29, 0.717) is 22.4 Å². The average molecular weight is 307 g/mol. The molecule has 0 saturated heterocycles. The average Bonchev–Trinajstić information content (AvgIpc) is 2.96. The first kappa shape index (κ1) is 14.8. The third-order valence-corrected chi connectivity index (χ3v) is 3.60. The van der Waals surface area contributed by atoms with E-state index >= 15 is 0 Å². The van der Waals surface area contributed by atoms with Gasteiger partial charge in [-0.1, -0.05) is 6.07 Å². The van der Waals surface area contributed by atoms with Crippen LogP contribution in [-0.4, -0.2) is 17.1 Å². The van der Waals surface area contributed by atoms with Crippen molar-refractivity contribution in [3.05, 3.63) is 59.2 Å². The molecule has 0 unspecified atom stereocenters. The van der Waals surface area contributed by atoms with E-state index in [-0.39, 0.29) is 5.82 Å². The predicted molar refractivity (Wildman–Crippen MR) is 87.3 cm³/mol. The van der Waals surface area contributed by atoms with Crippen molar-refractivity contribution in [1.82, 2.24) is 9.97 Å². The van der Waals surface area contributed by atoms with Crippen LogP contribution in [0, 0.1) is 24.1 Å². The van der Waals surface area contributed by atoms with E-state index in [1.54, 1.807) is 19.3 Å². The number of imidazole rings is 1. The van der Waals surface area contributed by atoms with Crippen LogP contribution >= 0.6 is 0 Å². The minimum atomic E-state index is -0.346. The third-order valence-electron chi connectivity index (χ3n) is 3.60. The molecule has 0 amide bonds. The second-order valence-electron chi connectivity index (χ2n) is 5.14. The number of H-pyrrole nitrogens is 1. The summed E-state index contributed by atoms with van der Waals surface area (Å²) in [5.74, 6) is 0.835. The number of hydrogen-bond acceptors (Lipinski definition) is 3. The number of ether oxygens (including phenoxy) is 1. The number of aromatic nitrogens is 2. The first-order chi connectivity index (χ1) is 11.1. The Morgan fingerprint density at radius 3 is 2.83 bits per heavy atom. The van der Waals surface area contributed by atoms with Crippen molar-refractivity contribution in [3.8, 4) is 11.8 Å². The number of fused-ring (bicyclic) bond motifs is 1. The molecule has 23 heavy (non-hydrogen) atoms. The molecule has 0 aliphatic carbocycles. The van der Waals surface area contributed by atoms with Gasteiger partial charge in [-0.3, -0.25) is 0 Å². The lowest BCUT2D eigenvalue weighted by atomic mass is 10.1. The number of rotatable bonds is 3. The quantitative estimate of drug-likeness (QED) is 0.741. The molecule has 1 aromatic heterocycles. The Balaban J connectivity index is 2.05. The molecule has 0 spiro atoms. The zero-order valence-electron chi connectivity index (χ0n) is 12.7. The summed E-state index contributed by atoms with van der Waals surface area (Å²) in [5.41, 5.74) is 3.45. The molecule has 0 radical (unpaired) electrons. The van der Waals surface area contributed by atoms with Crippen molar-refractivity contribution >= 4 is 22.7 Å². The molecule has 1 heterocycles. The lowest BCUT2D eigenvalue weighted by molar-refractivity contribution is 0.414. The standard InChI is InChI=1S/C18H14FN3O/c1-11-7-15(23-2)5-3-12(11)8-13(10-20)18-21-16-6-4-14(19)9-17(16)22-18/h3-9H,1-2H3,(H,21,22)/b13-8-. The Kier molecular flexibility index (Phi) is 3.82. The Bertz CT molecular complexity index is 951. The SMILES string of the molecule is COc1ccc(/C=C(/C#N)c2nc3ccc(F)cc3[nH]2)c(C)c1. The van der Waals surface area contributed by atoms with Crippen LogP contribution in [0.3, 0.4) is 0 Å². The van der Waals surface area contributed by atoms with Gasteiger partial charge in [0.15, 0.2) is 0 Å². The molecule has 0 bridgehead atoms. The van der Waals surface area contributed by atoms with E-state index < -0.39 is 0 Å². The summed E-state index contributed by atoms with van der Waals surface area (Å²) >= 11 is 0. The fourth-order valence-electron chi connectivity index (χ4n) is 2.36. The fourth-order valence-corrected chi connectivity index (χ4v) is 2.36. The van der Waals surface area contributed by atoms with Crippen LogP contribution in [-0.2, 0) is 0 Å². The summed E-state index contributed by atoms with van der Waals surface area (Å²) in [6, 6.07) is 12.0. The first-order valence-electron chi connectivity index (χ1n) is 7.03. The summed E-state index contributed by atoms with van der Waals surface area (Å²) in [7, 11) is 1.61. The van der Waals surface area contributed by atoms with E-state index in [1.165, 1.54) is 12.1 Å². The van der Waals surface area contributed by atoms with E-state index in [0.717, 1.165) is 16.9 Å². The van der Waals surface area contributed by atoms with Crippen LogP contribution in [0.5, 0.6) is 5.75 Å². The van der Waals surface area contributed by atoms with E-state index in [9.17, 15) is 9.65 Å². The summed E-state index contributed by atoms with van der Waals surface area (Å²) in [4.78, 5) is 7.33. The predicted octanol–water partition coefficient (Wildman–Crippen LogP) is 4.08. The molecular weight excluding hydrogens is 293 g/mol. The molecule has 5 heteroatoms. The van der Waals surface area contributed by atoms with Crippen molar-refractivity contribution in [2.24, 2.45) is 0 Å². The zero-order valence-corrected chi connectivity index (χ0v) is 12.7. The van der Waals surface area contributed by atoms with Gasteiger partial charge in [-0.15, -0.1) is 0 Å². The number of hydrogen-bond donors (Lipinski definition) is 1. The first-order valence-corrected chi connectivity index (χ1v) is 7.03. The number of aryl methyl sites for hydroxylation is 1. The van der Waals surface area contributed by atoms with Crippen LogP contribution < -0.4 is 4.74 Å². The molecule has 114 valence electrons. The largest absolute Gasteiger partial charge is 0.497 e. The number of nitrogens with zero attached hydrogens (tertiary/aromatic N) is 2. The van der Waals surface area contributed by atoms with Gasteiger partial charge in [0.25, 0.3) is 0 Å². The Labute approximate surface area is 132 Å². The van der Waals surface area contributed by atoms with Crippen molar-refractivity contribution in [2.45, 2.75) is 6.92 Å². The van der Waals surface area contributed by atoms with E-state index in [4.69, 9.17) is 4.74 Å². The maximum absolute atomic E-state index is 13.3. The lowest BCUT2D eigenvalue weighted by Gasteiger charge is -2.04. The van der Waals surface area contributed by atoms with E-state index in [1.807, 2.05) is 25.1 Å². The second-order valence-corrected chi connectivity index (χ2v) is 5.14. The van der Waals surface area contributed by atoms with Crippen molar-refractivity contribution in [2.75, 3.05) is 7.11 Å². The lowest BCUT2D eigenvalue weighted by Crippen LogP contribution is -1.89. The van der Waals surface area contributed by atoms with Gasteiger partial charge in [0.05, 0.1) is 23.7 Å². The Morgan fingerprint density at radius 1 is 1.30 bits per heavy atom. The zero-order chi connectivity index (χ0) is 16.4. The normalized spacial score (nSPS) is 11.5. The molecule has 0 saturated carbocycles. The Hall–Kier alpha value is -3.13. The molecule has 0 fully saturated rings. The summed E-state index contributed by atoms with van der Waals surface area (Å²) in [6.45, 7) is 1.94. The third kappa shape index (κ3) is 2.92. The number of aromatic amines is 1. The maximum Gasteiger partial charge on any atom is 0.149 e. The van der Waals surface area contributed by atoms with Crippen molar-refractivity contribution in [3.63, 3.8) is 0 Å². The van der Waals surface area contributed by atoms with Gasteiger partial charge in [-0.2, -0.15) is 5.26 Å². The van der Waals surface area contributed by atoms with Crippen LogP contribution in [0.25, 0.3) is 22.7 Å². The highest BCUT2D eigenvalue weighted by Gasteiger charge is 2.09. The Morgan fingerprint density at radius 2 is 2.13 bits per heavy atom. The minimum Gasteiger partial charge on any atom is -0.497 e. The van der Waals surface area contributed by atoms with E-state index in [2.05, 4.69) is 16.0 Å². The highest BCUT2D eigenvalue weighted by molar-refractivity contribution is 5.90. The molecule has 0 aliphatic heterocycles. The van der Waals surface area contributed by atoms with Crippen LogP contribution in [0.4, 0.5) is 4.39 Å². The molecule has 1 N–H and O–H groups in total. The van der Waals surface area contributed by atoms with Gasteiger partial charge in [0.1, 0.15) is 23.5 Å². The molecule has 0 atom stereocenters. The molecule has 3 aromatic rings. The van der Waals surface area contributed by atoms with Gasteiger partial charge in [-0.05, 0) is 54.5 Å². The van der Waals surface area contributed by atoms with Crippen LogP contribution in [0.15, 0.2) is 36.4 Å². The summed E-state index contributed by atoms with van der Waals surface area (Å²) < 4.78 is 18.4. The summed E-state index contributed by atoms with van der Waals surface area (Å²) in [5, 5.41) is 9.44. The topological polar surface area (TPSA) is 61.7 Å². The van der Waals surface area contributed by atoms with Crippen LogP contribution in [0.2, 0.25) is 0 Å². The number of methoxy groups -OCH3 is 1. The fraction of sp³-hybridized carbons (Fsp3) is 0.111. The molecule has 0 aliphatic rings. The van der Waals surface area contributed by atoms with Crippen molar-refractivity contribution in [1.29, 1.82) is 5.26 Å². The molecule has 2 aromatic carbocycles. The monoisotopic (exact) mass is 307 g/mol. The molecular formula is C18H14FN3O. The number of nitriles is 1. The van der Waals surface area contributed by atoms with Crippen LogP contribution in [0.1, 0.15) is 17.0 Å². The molecule has 3 rings (SSSR count). The van der Waals surface area contributed by atoms with Gasteiger partial charge >= 0.3 is 0 Å². The summed E-state index contributed by atoms with van der Waals surface area (Å²) in [6.07, 6.45) is 1.75. The second kappa shape index (κ2) is 5.93. The van der Waals surface area contributed by atoms with Crippen molar-refractivity contribution < 1.29 is 9.13 Å². The number of halogens is 1. The number of allylic oxidation sites excluding steroid dienone is 1. The highest BCUT2D eigenvalue weighted by atomic mass is 19.1. The van der Waals surface area contributed by atoms with Gasteiger partial charge < -0.3 is 9.72 Å². The highest BCUT2D eigenvalue weighted by Crippen LogP contribution is 2.23. The molecule has 4 nitrogen and oxygen atoms in total. The van der Waals surface area contributed by atoms with Gasteiger partial charge in [0, 0.05) is 0 Å². The smallest absolute Gasteiger partial charge is 0.149 e. The minimum absolute atomic E-state index is 0.346. The number of benzene rings is 2.